The Labute approximate surface area is 306 Å². The average molecular weight is 715 g/mol. The monoisotopic (exact) mass is 714 g/mol. The summed E-state index contributed by atoms with van der Waals surface area (Å²) in [5, 5.41) is 38.8. The van der Waals surface area contributed by atoms with Crippen LogP contribution < -0.4 is 42.5 Å². The smallest absolute Gasteiger partial charge is 0.0664 e. The van der Waals surface area contributed by atoms with E-state index in [1.54, 1.807) is 0 Å². The quantitative estimate of drug-likeness (QED) is 0.204. The van der Waals surface area contributed by atoms with Crippen LogP contribution in [0.4, 0.5) is 0 Å². The molecule has 16 unspecified atom stereocenters. The Morgan fingerprint density at radius 3 is 1.12 bits per heavy atom. The summed E-state index contributed by atoms with van der Waals surface area (Å²) in [6.07, 6.45) is 25.2. The van der Waals surface area contributed by atoms with Crippen LogP contribution in [0.2, 0.25) is 0 Å². The highest BCUT2D eigenvalue weighted by molar-refractivity contribution is 7.11. The molecule has 0 amide bonds. The number of hydrogen-bond donors (Lipinski definition) is 8. The van der Waals surface area contributed by atoms with Gasteiger partial charge in [-0.25, -0.2) is 0 Å². The van der Waals surface area contributed by atoms with Crippen LogP contribution >= 0.6 is 22.7 Å². The van der Waals surface area contributed by atoms with Gasteiger partial charge in [-0.2, -0.15) is 0 Å². The van der Waals surface area contributed by atoms with Crippen molar-refractivity contribution >= 4 is 22.7 Å². The molecule has 7 heterocycles. The molecule has 50 heavy (non-hydrogen) atoms. The van der Waals surface area contributed by atoms with Crippen molar-refractivity contribution in [1.82, 2.24) is 42.5 Å². The van der Waals surface area contributed by atoms with Gasteiger partial charge in [-0.15, -0.1) is 22.7 Å². The second-order valence-corrected chi connectivity index (χ2v) is 19.6. The van der Waals surface area contributed by atoms with E-state index in [0.717, 1.165) is 6.42 Å². The lowest BCUT2D eigenvalue weighted by Gasteiger charge is -2.40. The molecule has 11 rings (SSSR count). The molecule has 0 radical (unpaired) electrons. The highest BCUT2D eigenvalue weighted by Gasteiger charge is 2.56. The van der Waals surface area contributed by atoms with E-state index in [1.165, 1.54) is 86.8 Å². The molecular weight excluding hydrogens is 657 g/mol. The molecule has 2 aromatic heterocycles. The summed E-state index contributed by atoms with van der Waals surface area (Å²) in [7, 11) is 0. The summed E-state index contributed by atoms with van der Waals surface area (Å²) >= 11 is 3.87. The molecule has 4 aliphatic carbocycles. The van der Waals surface area contributed by atoms with Crippen LogP contribution in [0.1, 0.15) is 93.2 Å². The predicted octanol–water partition coefficient (Wildman–Crippen LogP) is 5.10. The molecule has 5 saturated heterocycles. The Morgan fingerprint density at radius 2 is 0.780 bits per heavy atom. The maximum atomic E-state index is 4.36. The molecule has 8 nitrogen and oxygen atoms in total. The third-order valence-electron chi connectivity index (χ3n) is 15.5. The molecule has 9 aliphatic rings. The van der Waals surface area contributed by atoms with Crippen LogP contribution in [-0.4, -0.2) is 49.3 Å². The molecule has 8 fully saturated rings. The van der Waals surface area contributed by atoms with Gasteiger partial charge in [0.05, 0.1) is 54.7 Å². The Morgan fingerprint density at radius 1 is 0.440 bits per heavy atom. The van der Waals surface area contributed by atoms with E-state index in [0.29, 0.717) is 84.3 Å². The van der Waals surface area contributed by atoms with Gasteiger partial charge in [-0.1, -0.05) is 62.8 Å². The summed E-state index contributed by atoms with van der Waals surface area (Å²) in [6, 6.07) is 9.27. The molecule has 270 valence electrons. The predicted molar refractivity (Wildman–Crippen MR) is 202 cm³/mol. The van der Waals surface area contributed by atoms with Crippen molar-refractivity contribution in [3.05, 3.63) is 56.9 Å². The fourth-order valence-electron chi connectivity index (χ4n) is 13.2. The highest BCUT2D eigenvalue weighted by Crippen LogP contribution is 2.52. The van der Waals surface area contributed by atoms with Crippen molar-refractivity contribution in [1.29, 1.82) is 0 Å². The molecule has 8 N–H and O–H groups in total. The normalized spacial score (nSPS) is 49.2. The molecule has 2 aromatic rings. The summed E-state index contributed by atoms with van der Waals surface area (Å²) in [5.74, 6) is 5.04. The van der Waals surface area contributed by atoms with Crippen LogP contribution in [0, 0.1) is 47.3 Å². The number of nitrogens with one attached hydrogen (secondary N) is 8. The summed E-state index contributed by atoms with van der Waals surface area (Å²) in [4.78, 5) is 2.97. The zero-order valence-corrected chi connectivity index (χ0v) is 31.0. The average Bonchev–Trinajstić information content (AvgIpc) is 4.01. The molecule has 8 bridgehead atoms. The van der Waals surface area contributed by atoms with Gasteiger partial charge in [0, 0.05) is 15.7 Å². The Kier molecular flexibility index (Phi) is 8.39. The lowest BCUT2D eigenvalue weighted by atomic mass is 9.68. The van der Waals surface area contributed by atoms with Gasteiger partial charge in [0.1, 0.15) is 0 Å². The minimum atomic E-state index is -0.0597. The van der Waals surface area contributed by atoms with Crippen molar-refractivity contribution in [2.45, 2.75) is 138 Å². The minimum Gasteiger partial charge on any atom is -0.286 e. The zero-order chi connectivity index (χ0) is 32.8. The maximum Gasteiger partial charge on any atom is 0.0664 e. The topological polar surface area (TPSA) is 96.2 Å². The van der Waals surface area contributed by atoms with E-state index in [-0.39, 0.29) is 17.7 Å². The third-order valence-corrected chi connectivity index (χ3v) is 17.6. The Bertz CT molecular complexity index is 1480. The van der Waals surface area contributed by atoms with Gasteiger partial charge in [-0.05, 0) is 109 Å². The summed E-state index contributed by atoms with van der Waals surface area (Å²) in [5.41, 5.74) is -0.0597. The van der Waals surface area contributed by atoms with E-state index in [9.17, 15) is 0 Å². The van der Waals surface area contributed by atoms with E-state index in [2.05, 4.69) is 89.7 Å². The first-order valence-electron chi connectivity index (χ1n) is 20.6. The van der Waals surface area contributed by atoms with Crippen molar-refractivity contribution in [3.8, 4) is 0 Å². The van der Waals surface area contributed by atoms with Gasteiger partial charge in [0.2, 0.25) is 0 Å². The fourth-order valence-corrected chi connectivity index (χ4v) is 15.1. The van der Waals surface area contributed by atoms with E-state index in [1.807, 2.05) is 22.7 Å². The van der Waals surface area contributed by atoms with Crippen LogP contribution in [0.3, 0.4) is 0 Å². The van der Waals surface area contributed by atoms with Crippen molar-refractivity contribution in [2.24, 2.45) is 47.3 Å². The summed E-state index contributed by atoms with van der Waals surface area (Å²) < 4.78 is 0. The van der Waals surface area contributed by atoms with Crippen molar-refractivity contribution in [2.75, 3.05) is 0 Å². The molecule has 5 aliphatic heterocycles. The van der Waals surface area contributed by atoms with E-state index < -0.39 is 0 Å². The summed E-state index contributed by atoms with van der Waals surface area (Å²) in [6.45, 7) is 0. The van der Waals surface area contributed by atoms with Gasteiger partial charge < -0.3 is 0 Å². The van der Waals surface area contributed by atoms with Crippen LogP contribution in [0.5, 0.6) is 0 Å². The maximum absolute atomic E-state index is 4.36. The van der Waals surface area contributed by atoms with Gasteiger partial charge in [-0.3, -0.25) is 42.5 Å². The molecule has 0 aromatic carbocycles. The number of rotatable bonds is 2. The zero-order valence-electron chi connectivity index (χ0n) is 29.4. The first-order valence-corrected chi connectivity index (χ1v) is 22.3. The molecule has 3 saturated carbocycles. The number of fused-ring (bicyclic) bond motifs is 20. The first-order chi connectivity index (χ1) is 24.7. The SMILES string of the molecule is C1=CC(c2cccs2)(c2cccs2)CC2C3NC(NC4NC(NC5NC(NC6NC(N3)C3CCCCC63)C3CCCCC53)C3CCCCC43)C12. The van der Waals surface area contributed by atoms with E-state index in [4.69, 9.17) is 0 Å². The standard InChI is InChI=1S/C40H58N8S2/c1-2-10-23-22(9-1)32-41-33(23)43-35-26-13-5-6-14-27(26)37(45-35)47-39-29-21-40(30-15-7-19-49-30,31-16-8-20-50-31)18-17-28(29)38(48-39)46-36-25-12-4-3-11-24(25)34(42-32)44-36/h7-8,15-20,22-29,32-39,41-48H,1-6,9-14,21H2. The van der Waals surface area contributed by atoms with Crippen LogP contribution in [0.25, 0.3) is 0 Å². The molecule has 10 heteroatoms. The van der Waals surface area contributed by atoms with Gasteiger partial charge >= 0.3 is 0 Å². The number of thiophene rings is 2. The van der Waals surface area contributed by atoms with Crippen LogP contribution in [-0.2, 0) is 5.41 Å². The molecular formula is C40H58N8S2. The van der Waals surface area contributed by atoms with Gasteiger partial charge in [0.25, 0.3) is 0 Å². The Balaban J connectivity index is 0.972. The molecule has 16 atom stereocenters. The second-order valence-electron chi connectivity index (χ2n) is 17.7. The number of allylic oxidation sites excluding steroid dienone is 1. The largest absolute Gasteiger partial charge is 0.286 e. The second kappa shape index (κ2) is 13.0. The Hall–Kier alpha value is -1.18. The minimum absolute atomic E-state index is 0.0597. The highest BCUT2D eigenvalue weighted by atomic mass is 32.1. The first kappa shape index (κ1) is 32.3. The van der Waals surface area contributed by atoms with Crippen molar-refractivity contribution in [3.63, 3.8) is 0 Å². The van der Waals surface area contributed by atoms with Crippen molar-refractivity contribution < 1.29 is 0 Å². The fraction of sp³-hybridized carbons (Fsp3) is 0.750. The van der Waals surface area contributed by atoms with Gasteiger partial charge in [0.15, 0.2) is 0 Å². The number of hydrogen-bond acceptors (Lipinski definition) is 10. The lowest BCUT2D eigenvalue weighted by Crippen LogP contribution is -2.61. The van der Waals surface area contributed by atoms with E-state index >= 15 is 0 Å². The third kappa shape index (κ3) is 5.25. The van der Waals surface area contributed by atoms with Crippen LogP contribution in [0.15, 0.2) is 47.2 Å². The molecule has 0 spiro atoms. The lowest BCUT2D eigenvalue weighted by molar-refractivity contribution is 0.173.